The zero-order valence-corrected chi connectivity index (χ0v) is 18.6. The summed E-state index contributed by atoms with van der Waals surface area (Å²) in [5.41, 5.74) is 0.912. The largest absolute Gasteiger partial charge is 0.354 e. The smallest absolute Gasteiger partial charge is 0.242 e. The number of hydrogen-bond acceptors (Lipinski definition) is 3. The van der Waals surface area contributed by atoms with E-state index in [1.54, 1.807) is 29.7 Å². The van der Waals surface area contributed by atoms with Crippen LogP contribution < -0.4 is 5.32 Å². The molecule has 6 heteroatoms. The standard InChI is InChI=1S/C23H29ClN2O2S/c1-3-4-14-25-23(28)18(2)26(17-19-9-8-10-20(24)16-19)22(27)13-15-29-21-11-6-5-7-12-21/h5-12,16,18H,3-4,13-15,17H2,1-2H3,(H,25,28)/t18-/m0/s1. The summed E-state index contributed by atoms with van der Waals surface area (Å²) in [6, 6.07) is 16.9. The Morgan fingerprint density at radius 3 is 2.59 bits per heavy atom. The summed E-state index contributed by atoms with van der Waals surface area (Å²) >= 11 is 7.74. The molecule has 0 aliphatic carbocycles. The Morgan fingerprint density at radius 1 is 1.14 bits per heavy atom. The predicted octanol–water partition coefficient (Wildman–Crippen LogP) is 5.16. The van der Waals surface area contributed by atoms with E-state index in [4.69, 9.17) is 11.6 Å². The summed E-state index contributed by atoms with van der Waals surface area (Å²) < 4.78 is 0. The molecule has 0 unspecified atom stereocenters. The van der Waals surface area contributed by atoms with Crippen LogP contribution in [0.2, 0.25) is 5.02 Å². The first kappa shape index (κ1) is 23.3. The van der Waals surface area contributed by atoms with Crippen molar-refractivity contribution >= 4 is 35.2 Å². The summed E-state index contributed by atoms with van der Waals surface area (Å²) in [5, 5.41) is 3.55. The molecule has 1 N–H and O–H groups in total. The molecule has 0 radical (unpaired) electrons. The van der Waals surface area contributed by atoms with Gasteiger partial charge in [0.25, 0.3) is 0 Å². The van der Waals surface area contributed by atoms with E-state index in [9.17, 15) is 9.59 Å². The molecule has 0 bridgehead atoms. The monoisotopic (exact) mass is 432 g/mol. The lowest BCUT2D eigenvalue weighted by atomic mass is 10.1. The Morgan fingerprint density at radius 2 is 1.90 bits per heavy atom. The van der Waals surface area contributed by atoms with E-state index in [2.05, 4.69) is 12.2 Å². The second-order valence-electron chi connectivity index (χ2n) is 6.88. The maximum Gasteiger partial charge on any atom is 0.242 e. The average molecular weight is 433 g/mol. The minimum Gasteiger partial charge on any atom is -0.354 e. The Labute approximate surface area is 183 Å². The molecule has 0 saturated heterocycles. The highest BCUT2D eigenvalue weighted by atomic mass is 35.5. The number of amides is 2. The zero-order valence-electron chi connectivity index (χ0n) is 17.1. The molecule has 156 valence electrons. The summed E-state index contributed by atoms with van der Waals surface area (Å²) in [4.78, 5) is 28.4. The lowest BCUT2D eigenvalue weighted by molar-refractivity contribution is -0.140. The van der Waals surface area contributed by atoms with Gasteiger partial charge in [0.15, 0.2) is 0 Å². The van der Waals surface area contributed by atoms with Gasteiger partial charge in [-0.3, -0.25) is 9.59 Å². The van der Waals surface area contributed by atoms with Gasteiger partial charge in [-0.25, -0.2) is 0 Å². The van der Waals surface area contributed by atoms with Crippen molar-refractivity contribution in [1.82, 2.24) is 10.2 Å². The van der Waals surface area contributed by atoms with Gasteiger partial charge in [-0.05, 0) is 43.2 Å². The van der Waals surface area contributed by atoms with E-state index >= 15 is 0 Å². The predicted molar refractivity (Wildman–Crippen MR) is 121 cm³/mol. The highest BCUT2D eigenvalue weighted by molar-refractivity contribution is 7.99. The Hall–Kier alpha value is -1.98. The molecule has 4 nitrogen and oxygen atoms in total. The van der Waals surface area contributed by atoms with Gasteiger partial charge in [-0.2, -0.15) is 0 Å². The van der Waals surface area contributed by atoms with Crippen molar-refractivity contribution < 1.29 is 9.59 Å². The molecule has 0 heterocycles. The number of carbonyl (C=O) groups excluding carboxylic acids is 2. The summed E-state index contributed by atoms with van der Waals surface area (Å²) in [6.45, 7) is 4.85. The lowest BCUT2D eigenvalue weighted by Crippen LogP contribution is -2.47. The number of carbonyl (C=O) groups is 2. The minimum absolute atomic E-state index is 0.0356. The van der Waals surface area contributed by atoms with Crippen molar-refractivity contribution in [2.45, 2.75) is 50.6 Å². The van der Waals surface area contributed by atoms with Gasteiger partial charge in [0, 0.05) is 35.2 Å². The molecule has 0 spiro atoms. The first-order chi connectivity index (χ1) is 14.0. The molecule has 29 heavy (non-hydrogen) atoms. The second kappa shape index (κ2) is 12.6. The number of hydrogen-bond donors (Lipinski definition) is 1. The molecule has 0 aliphatic heterocycles. The maximum absolute atomic E-state index is 13.0. The van der Waals surface area contributed by atoms with Crippen LogP contribution in [-0.4, -0.2) is 35.1 Å². The van der Waals surface area contributed by atoms with Crippen LogP contribution in [-0.2, 0) is 16.1 Å². The van der Waals surface area contributed by atoms with E-state index in [0.29, 0.717) is 30.3 Å². The molecule has 0 saturated carbocycles. The van der Waals surface area contributed by atoms with Gasteiger partial charge in [0.1, 0.15) is 6.04 Å². The maximum atomic E-state index is 13.0. The van der Waals surface area contributed by atoms with Crippen LogP contribution >= 0.6 is 23.4 Å². The molecule has 2 amide bonds. The second-order valence-corrected chi connectivity index (χ2v) is 8.49. The average Bonchev–Trinajstić information content (AvgIpc) is 2.72. The van der Waals surface area contributed by atoms with E-state index < -0.39 is 6.04 Å². The van der Waals surface area contributed by atoms with Gasteiger partial charge in [0.2, 0.25) is 11.8 Å². The van der Waals surface area contributed by atoms with Crippen molar-refractivity contribution in [1.29, 1.82) is 0 Å². The summed E-state index contributed by atoms with van der Waals surface area (Å²) in [7, 11) is 0. The molecule has 0 fully saturated rings. The van der Waals surface area contributed by atoms with E-state index in [1.807, 2.05) is 48.5 Å². The van der Waals surface area contributed by atoms with Crippen LogP contribution in [0.5, 0.6) is 0 Å². The van der Waals surface area contributed by atoms with Crippen LogP contribution in [0.25, 0.3) is 0 Å². The Bertz CT molecular complexity index is 785. The van der Waals surface area contributed by atoms with Crippen molar-refractivity contribution in [3.63, 3.8) is 0 Å². The van der Waals surface area contributed by atoms with Gasteiger partial charge >= 0.3 is 0 Å². The third-order valence-electron chi connectivity index (χ3n) is 4.57. The number of halogens is 1. The van der Waals surface area contributed by atoms with Crippen LogP contribution in [0.1, 0.15) is 38.7 Å². The highest BCUT2D eigenvalue weighted by Crippen LogP contribution is 2.20. The van der Waals surface area contributed by atoms with Crippen molar-refractivity contribution in [2.24, 2.45) is 0 Å². The fourth-order valence-corrected chi connectivity index (χ4v) is 3.94. The Kier molecular flexibility index (Phi) is 10.1. The van der Waals surface area contributed by atoms with Gasteiger partial charge in [0.05, 0.1) is 0 Å². The van der Waals surface area contributed by atoms with Crippen LogP contribution in [0, 0.1) is 0 Å². The van der Waals surface area contributed by atoms with Gasteiger partial charge in [-0.1, -0.05) is 55.3 Å². The number of nitrogens with one attached hydrogen (secondary N) is 1. The van der Waals surface area contributed by atoms with E-state index in [-0.39, 0.29) is 11.8 Å². The van der Waals surface area contributed by atoms with E-state index in [1.165, 1.54) is 0 Å². The first-order valence-electron chi connectivity index (χ1n) is 10.0. The van der Waals surface area contributed by atoms with Crippen molar-refractivity contribution in [3.8, 4) is 0 Å². The van der Waals surface area contributed by atoms with Gasteiger partial charge in [-0.15, -0.1) is 11.8 Å². The van der Waals surface area contributed by atoms with Gasteiger partial charge < -0.3 is 10.2 Å². The van der Waals surface area contributed by atoms with E-state index in [0.717, 1.165) is 23.3 Å². The first-order valence-corrected chi connectivity index (χ1v) is 11.4. The molecular weight excluding hydrogens is 404 g/mol. The normalized spacial score (nSPS) is 11.7. The van der Waals surface area contributed by atoms with Crippen molar-refractivity contribution in [3.05, 3.63) is 65.2 Å². The fourth-order valence-electron chi connectivity index (χ4n) is 2.87. The molecule has 2 aromatic rings. The van der Waals surface area contributed by atoms with Crippen LogP contribution in [0.4, 0.5) is 0 Å². The summed E-state index contributed by atoms with van der Waals surface area (Å²) in [5.74, 6) is 0.509. The third-order valence-corrected chi connectivity index (χ3v) is 5.82. The molecular formula is C23H29ClN2O2S. The van der Waals surface area contributed by atoms with Crippen molar-refractivity contribution in [2.75, 3.05) is 12.3 Å². The zero-order chi connectivity index (χ0) is 21.1. The number of unbranched alkanes of at least 4 members (excludes halogenated alkanes) is 1. The number of nitrogens with zero attached hydrogens (tertiary/aromatic N) is 1. The summed E-state index contributed by atoms with van der Waals surface area (Å²) in [6.07, 6.45) is 2.30. The topological polar surface area (TPSA) is 49.4 Å². The molecule has 2 aromatic carbocycles. The lowest BCUT2D eigenvalue weighted by Gasteiger charge is -2.29. The molecule has 2 rings (SSSR count). The quantitative estimate of drug-likeness (QED) is 0.394. The van der Waals surface area contributed by atoms with Crippen LogP contribution in [0.15, 0.2) is 59.5 Å². The van der Waals surface area contributed by atoms with Crippen LogP contribution in [0.3, 0.4) is 0 Å². The fraction of sp³-hybridized carbons (Fsp3) is 0.391. The Balaban J connectivity index is 2.03. The third kappa shape index (κ3) is 8.11. The SMILES string of the molecule is CCCCNC(=O)[C@H](C)N(Cc1cccc(Cl)c1)C(=O)CCSc1ccccc1. The highest BCUT2D eigenvalue weighted by Gasteiger charge is 2.25. The number of rotatable bonds is 11. The molecule has 0 aromatic heterocycles. The minimum atomic E-state index is -0.542. The molecule has 0 aliphatic rings. The number of thioether (sulfide) groups is 1. The number of benzene rings is 2. The molecule has 1 atom stereocenters.